The highest BCUT2D eigenvalue weighted by molar-refractivity contribution is 7.11. The molecule has 1 saturated heterocycles. The van der Waals surface area contributed by atoms with Crippen LogP contribution in [0, 0.1) is 0 Å². The van der Waals surface area contributed by atoms with E-state index in [1.165, 1.54) is 22.4 Å². The Morgan fingerprint density at radius 2 is 1.91 bits per heavy atom. The summed E-state index contributed by atoms with van der Waals surface area (Å²) in [4.78, 5) is 51.6. The molecule has 0 aromatic carbocycles. The van der Waals surface area contributed by atoms with Gasteiger partial charge in [-0.1, -0.05) is 0 Å². The summed E-state index contributed by atoms with van der Waals surface area (Å²) in [5.41, 5.74) is 21.3. The SMILES string of the molecule is NC(N)=NCCC[C@H](NC(=O)CN1CCN[C@H](CCCN=C(N)N)C1=O)C(=O)c1nccs1. The molecule has 0 spiro atoms. The third-order valence-corrected chi connectivity index (χ3v) is 5.69. The fraction of sp³-hybridized carbons (Fsp3) is 0.579. The minimum atomic E-state index is -0.786. The number of carbonyl (C=O) groups is 3. The number of ketones is 1. The van der Waals surface area contributed by atoms with Crippen LogP contribution in [0.25, 0.3) is 0 Å². The summed E-state index contributed by atoms with van der Waals surface area (Å²) in [5, 5.41) is 7.90. The molecule has 2 atom stereocenters. The van der Waals surface area contributed by atoms with Gasteiger partial charge in [-0.25, -0.2) is 4.98 Å². The second-order valence-corrected chi connectivity index (χ2v) is 8.38. The highest BCUT2D eigenvalue weighted by atomic mass is 32.1. The number of guanidine groups is 2. The molecule has 1 fully saturated rings. The van der Waals surface area contributed by atoms with E-state index in [0.717, 1.165) is 0 Å². The number of thiazole rings is 1. The number of nitrogens with zero attached hydrogens (tertiary/aromatic N) is 4. The first-order chi connectivity index (χ1) is 15.8. The maximum absolute atomic E-state index is 12.8. The molecule has 1 aromatic rings. The van der Waals surface area contributed by atoms with Crippen molar-refractivity contribution in [1.82, 2.24) is 20.5 Å². The van der Waals surface area contributed by atoms with Crippen molar-refractivity contribution in [3.8, 4) is 0 Å². The van der Waals surface area contributed by atoms with E-state index in [-0.39, 0.29) is 30.2 Å². The summed E-state index contributed by atoms with van der Waals surface area (Å²) < 4.78 is 0. The van der Waals surface area contributed by atoms with Gasteiger partial charge in [-0.3, -0.25) is 24.4 Å². The average Bonchev–Trinajstić information content (AvgIpc) is 3.30. The van der Waals surface area contributed by atoms with Crippen LogP contribution in [-0.4, -0.2) is 84.2 Å². The zero-order valence-electron chi connectivity index (χ0n) is 18.4. The Bertz CT molecular complexity index is 850. The molecule has 0 unspecified atom stereocenters. The molecule has 2 rings (SSSR count). The van der Waals surface area contributed by atoms with Crippen LogP contribution in [0.4, 0.5) is 0 Å². The number of nitrogens with one attached hydrogen (secondary N) is 2. The predicted molar refractivity (Wildman–Crippen MR) is 127 cm³/mol. The van der Waals surface area contributed by atoms with E-state index in [1.54, 1.807) is 5.38 Å². The van der Waals surface area contributed by atoms with Gasteiger partial charge < -0.3 is 38.5 Å². The van der Waals surface area contributed by atoms with Gasteiger partial charge in [0.15, 0.2) is 16.9 Å². The van der Waals surface area contributed by atoms with E-state index in [9.17, 15) is 14.4 Å². The Hall–Kier alpha value is -3.26. The monoisotopic (exact) mass is 480 g/mol. The Labute approximate surface area is 196 Å². The molecule has 0 radical (unpaired) electrons. The van der Waals surface area contributed by atoms with Gasteiger partial charge in [0, 0.05) is 37.8 Å². The van der Waals surface area contributed by atoms with Gasteiger partial charge in [0.2, 0.25) is 17.6 Å². The van der Waals surface area contributed by atoms with E-state index in [2.05, 4.69) is 25.6 Å². The summed E-state index contributed by atoms with van der Waals surface area (Å²) in [7, 11) is 0. The number of amides is 2. The minimum Gasteiger partial charge on any atom is -0.370 e. The van der Waals surface area contributed by atoms with Gasteiger partial charge in [-0.15, -0.1) is 11.3 Å². The summed E-state index contributed by atoms with van der Waals surface area (Å²) >= 11 is 1.20. The lowest BCUT2D eigenvalue weighted by Gasteiger charge is -2.33. The average molecular weight is 481 g/mol. The van der Waals surface area contributed by atoms with Crippen molar-refractivity contribution >= 4 is 40.9 Å². The molecule has 182 valence electrons. The van der Waals surface area contributed by atoms with Crippen molar-refractivity contribution < 1.29 is 14.4 Å². The largest absolute Gasteiger partial charge is 0.370 e. The topological polar surface area (TPSA) is 220 Å². The van der Waals surface area contributed by atoms with Crippen molar-refractivity contribution in [1.29, 1.82) is 0 Å². The number of piperazine rings is 1. The molecule has 1 aliphatic rings. The van der Waals surface area contributed by atoms with Crippen LogP contribution in [-0.2, 0) is 9.59 Å². The zero-order valence-corrected chi connectivity index (χ0v) is 19.2. The van der Waals surface area contributed by atoms with Gasteiger partial charge in [0.1, 0.15) is 0 Å². The fourth-order valence-electron chi connectivity index (χ4n) is 3.36. The smallest absolute Gasteiger partial charge is 0.240 e. The molecule has 13 nitrogen and oxygen atoms in total. The predicted octanol–water partition coefficient (Wildman–Crippen LogP) is -2.28. The van der Waals surface area contributed by atoms with Crippen LogP contribution in [0.15, 0.2) is 21.6 Å². The van der Waals surface area contributed by atoms with Crippen molar-refractivity contribution in [2.45, 2.75) is 37.8 Å². The van der Waals surface area contributed by atoms with E-state index in [4.69, 9.17) is 22.9 Å². The maximum Gasteiger partial charge on any atom is 0.240 e. The first-order valence-electron chi connectivity index (χ1n) is 10.6. The Balaban J connectivity index is 1.92. The molecule has 0 aliphatic carbocycles. The standard InChI is InChI=1S/C19H32N10O3S/c20-18(21)26-5-1-3-12(15(31)16-25-8-10-33-16)28-14(30)11-29-9-7-24-13(17(29)32)4-2-6-27-19(22)23/h8,10,12-13,24H,1-7,9,11H2,(H,28,30)(H4,20,21,26)(H4,22,23,27)/t12-,13+/m0/s1. The van der Waals surface area contributed by atoms with E-state index < -0.39 is 18.0 Å². The summed E-state index contributed by atoms with van der Waals surface area (Å²) in [6, 6.07) is -1.20. The molecule has 1 aromatic heterocycles. The number of rotatable bonds is 13. The Morgan fingerprint density at radius 1 is 1.21 bits per heavy atom. The van der Waals surface area contributed by atoms with Gasteiger partial charge >= 0.3 is 0 Å². The highest BCUT2D eigenvalue weighted by Crippen LogP contribution is 2.12. The second-order valence-electron chi connectivity index (χ2n) is 7.49. The molecular formula is C19H32N10O3S. The summed E-state index contributed by atoms with van der Waals surface area (Å²) in [6.07, 6.45) is 3.53. The molecular weight excluding hydrogens is 448 g/mol. The molecule has 14 heteroatoms. The Kier molecular flexibility index (Phi) is 10.5. The number of aromatic nitrogens is 1. The number of hydrogen-bond donors (Lipinski definition) is 6. The van der Waals surface area contributed by atoms with Crippen LogP contribution >= 0.6 is 11.3 Å². The summed E-state index contributed by atoms with van der Waals surface area (Å²) in [6.45, 7) is 1.57. The molecule has 2 heterocycles. The minimum absolute atomic E-state index is 0.0105. The van der Waals surface area contributed by atoms with Crippen LogP contribution in [0.3, 0.4) is 0 Å². The number of carbonyl (C=O) groups excluding carboxylic acids is 3. The third kappa shape index (κ3) is 9.02. The van der Waals surface area contributed by atoms with E-state index >= 15 is 0 Å². The molecule has 0 saturated carbocycles. The lowest BCUT2D eigenvalue weighted by atomic mass is 10.1. The first kappa shape index (κ1) is 26.0. The lowest BCUT2D eigenvalue weighted by Crippen LogP contribution is -2.57. The first-order valence-corrected chi connectivity index (χ1v) is 11.5. The van der Waals surface area contributed by atoms with Crippen LogP contribution < -0.4 is 33.6 Å². The summed E-state index contributed by atoms with van der Waals surface area (Å²) in [5.74, 6) is -0.895. The van der Waals surface area contributed by atoms with Gasteiger partial charge in [0.05, 0.1) is 18.6 Å². The van der Waals surface area contributed by atoms with Crippen molar-refractivity contribution in [2.75, 3.05) is 32.7 Å². The quantitative estimate of drug-likeness (QED) is 0.0773. The normalized spacial score (nSPS) is 16.7. The number of nitrogens with two attached hydrogens (primary N) is 4. The number of Topliss-reactive ketones (excluding diaryl/α,β-unsaturated/α-hetero) is 1. The number of hydrogen-bond acceptors (Lipinski definition) is 8. The molecule has 0 bridgehead atoms. The lowest BCUT2D eigenvalue weighted by molar-refractivity contribution is -0.140. The number of aliphatic imine (C=N–C) groups is 2. The van der Waals surface area contributed by atoms with Crippen LogP contribution in [0.1, 0.15) is 35.5 Å². The van der Waals surface area contributed by atoms with Crippen LogP contribution in [0.2, 0.25) is 0 Å². The van der Waals surface area contributed by atoms with Crippen molar-refractivity contribution in [2.24, 2.45) is 32.9 Å². The molecule has 33 heavy (non-hydrogen) atoms. The second kappa shape index (κ2) is 13.3. The van der Waals surface area contributed by atoms with E-state index in [1.807, 2.05) is 0 Å². The zero-order chi connectivity index (χ0) is 24.2. The molecule has 2 amide bonds. The third-order valence-electron chi connectivity index (χ3n) is 4.90. The fourth-order valence-corrected chi connectivity index (χ4v) is 3.99. The Morgan fingerprint density at radius 3 is 2.55 bits per heavy atom. The van der Waals surface area contributed by atoms with Crippen LogP contribution in [0.5, 0.6) is 0 Å². The molecule has 10 N–H and O–H groups in total. The van der Waals surface area contributed by atoms with Crippen molar-refractivity contribution in [3.05, 3.63) is 16.6 Å². The molecule has 1 aliphatic heterocycles. The van der Waals surface area contributed by atoms with Gasteiger partial charge in [-0.05, 0) is 25.7 Å². The van der Waals surface area contributed by atoms with E-state index in [0.29, 0.717) is 56.9 Å². The van der Waals surface area contributed by atoms with Crippen molar-refractivity contribution in [3.63, 3.8) is 0 Å². The van der Waals surface area contributed by atoms with Gasteiger partial charge in [0.25, 0.3) is 0 Å². The van der Waals surface area contributed by atoms with Gasteiger partial charge in [-0.2, -0.15) is 0 Å². The maximum atomic E-state index is 12.8. The highest BCUT2D eigenvalue weighted by Gasteiger charge is 2.30.